The molecule has 8 heteroatoms. The van der Waals surface area contributed by atoms with E-state index in [0.717, 1.165) is 10.9 Å². The van der Waals surface area contributed by atoms with Crippen molar-refractivity contribution in [2.75, 3.05) is 18.8 Å². The molecule has 1 saturated heterocycles. The first-order valence-corrected chi connectivity index (χ1v) is 9.56. The van der Waals surface area contributed by atoms with Crippen molar-refractivity contribution in [3.63, 3.8) is 0 Å². The van der Waals surface area contributed by atoms with Crippen molar-refractivity contribution in [1.82, 2.24) is 9.29 Å². The highest BCUT2D eigenvalue weighted by Crippen LogP contribution is 2.36. The summed E-state index contributed by atoms with van der Waals surface area (Å²) in [6.07, 6.45) is 3.23. The van der Waals surface area contributed by atoms with Crippen LogP contribution in [0.5, 0.6) is 5.75 Å². The quantitative estimate of drug-likeness (QED) is 0.774. The van der Waals surface area contributed by atoms with E-state index in [1.807, 2.05) is 6.20 Å². The van der Waals surface area contributed by atoms with Crippen LogP contribution in [0.15, 0.2) is 18.3 Å². The SMILES string of the molecule is CCS(=O)(=O)N1CCC(c2c[nH]c3c(C(N)=O)cc(O)cc23)CC1. The van der Waals surface area contributed by atoms with E-state index in [2.05, 4.69) is 4.98 Å². The number of phenolic OH excluding ortho intramolecular Hbond substituents is 1. The lowest BCUT2D eigenvalue weighted by atomic mass is 9.89. The number of nitrogens with one attached hydrogen (secondary N) is 1. The van der Waals surface area contributed by atoms with E-state index in [1.165, 1.54) is 10.4 Å². The first-order valence-electron chi connectivity index (χ1n) is 7.95. The molecule has 2 aromatic rings. The molecule has 130 valence electrons. The van der Waals surface area contributed by atoms with Gasteiger partial charge in [0.05, 0.1) is 16.8 Å². The fourth-order valence-corrected chi connectivity index (χ4v) is 4.53. The summed E-state index contributed by atoms with van der Waals surface area (Å²) in [6, 6.07) is 2.96. The van der Waals surface area contributed by atoms with E-state index in [9.17, 15) is 18.3 Å². The van der Waals surface area contributed by atoms with E-state index in [-0.39, 0.29) is 23.0 Å². The number of hydrogen-bond donors (Lipinski definition) is 3. The Morgan fingerprint density at radius 3 is 2.62 bits per heavy atom. The molecule has 1 amide bonds. The maximum atomic E-state index is 12.0. The zero-order valence-electron chi connectivity index (χ0n) is 13.4. The number of rotatable bonds is 4. The van der Waals surface area contributed by atoms with Crippen molar-refractivity contribution >= 4 is 26.8 Å². The second-order valence-corrected chi connectivity index (χ2v) is 8.36. The number of nitrogens with two attached hydrogens (primary N) is 1. The largest absolute Gasteiger partial charge is 0.508 e. The number of aromatic amines is 1. The third kappa shape index (κ3) is 2.87. The summed E-state index contributed by atoms with van der Waals surface area (Å²) in [5, 5.41) is 10.6. The van der Waals surface area contributed by atoms with Crippen molar-refractivity contribution in [3.05, 3.63) is 29.5 Å². The number of phenols is 1. The predicted molar refractivity (Wildman–Crippen MR) is 91.5 cm³/mol. The molecule has 0 aliphatic carbocycles. The summed E-state index contributed by atoms with van der Waals surface area (Å²) in [4.78, 5) is 14.6. The van der Waals surface area contributed by atoms with Crippen molar-refractivity contribution in [3.8, 4) is 5.75 Å². The normalized spacial score (nSPS) is 17.4. The monoisotopic (exact) mass is 351 g/mol. The van der Waals surface area contributed by atoms with Gasteiger partial charge in [0.1, 0.15) is 5.75 Å². The van der Waals surface area contributed by atoms with Crippen LogP contribution in [0, 0.1) is 0 Å². The van der Waals surface area contributed by atoms with Gasteiger partial charge in [0.25, 0.3) is 5.91 Å². The summed E-state index contributed by atoms with van der Waals surface area (Å²) in [7, 11) is -3.16. The van der Waals surface area contributed by atoms with E-state index >= 15 is 0 Å². The van der Waals surface area contributed by atoms with Crippen LogP contribution in [0.3, 0.4) is 0 Å². The number of amides is 1. The second-order valence-electron chi connectivity index (χ2n) is 6.10. The minimum absolute atomic E-state index is 0.0110. The number of aromatic hydroxyl groups is 1. The summed E-state index contributed by atoms with van der Waals surface area (Å²) in [6.45, 7) is 2.61. The number of carbonyl (C=O) groups is 1. The molecule has 1 aliphatic heterocycles. The fourth-order valence-electron chi connectivity index (χ4n) is 3.40. The highest BCUT2D eigenvalue weighted by atomic mass is 32.2. The van der Waals surface area contributed by atoms with Gasteiger partial charge in [-0.15, -0.1) is 0 Å². The lowest BCUT2D eigenvalue weighted by Crippen LogP contribution is -2.38. The van der Waals surface area contributed by atoms with Crippen molar-refractivity contribution in [1.29, 1.82) is 0 Å². The molecule has 7 nitrogen and oxygen atoms in total. The van der Waals surface area contributed by atoms with Gasteiger partial charge in [0.2, 0.25) is 10.0 Å². The summed E-state index contributed by atoms with van der Waals surface area (Å²) < 4.78 is 25.5. The Hall–Kier alpha value is -2.06. The van der Waals surface area contributed by atoms with E-state index in [4.69, 9.17) is 5.73 Å². The molecule has 1 aromatic heterocycles. The molecule has 24 heavy (non-hydrogen) atoms. The number of benzene rings is 1. The number of carbonyl (C=O) groups excluding carboxylic acids is 1. The minimum atomic E-state index is -3.16. The highest BCUT2D eigenvalue weighted by molar-refractivity contribution is 7.89. The first-order chi connectivity index (χ1) is 11.3. The van der Waals surface area contributed by atoms with E-state index in [1.54, 1.807) is 13.0 Å². The van der Waals surface area contributed by atoms with Crippen LogP contribution in [0.25, 0.3) is 10.9 Å². The molecule has 0 spiro atoms. The van der Waals surface area contributed by atoms with Gasteiger partial charge in [0, 0.05) is 24.7 Å². The number of piperidine rings is 1. The molecule has 1 aromatic carbocycles. The Labute approximate surface area is 140 Å². The number of aromatic nitrogens is 1. The molecule has 0 bridgehead atoms. The molecule has 4 N–H and O–H groups in total. The number of primary amides is 1. The number of H-pyrrole nitrogens is 1. The Morgan fingerprint density at radius 1 is 1.38 bits per heavy atom. The maximum absolute atomic E-state index is 12.0. The number of hydrogen-bond acceptors (Lipinski definition) is 4. The Morgan fingerprint density at radius 2 is 2.04 bits per heavy atom. The zero-order chi connectivity index (χ0) is 17.5. The molecule has 1 aliphatic rings. The summed E-state index contributed by atoms with van der Waals surface area (Å²) in [5.41, 5.74) is 7.22. The third-order valence-electron chi connectivity index (χ3n) is 4.72. The number of fused-ring (bicyclic) bond motifs is 1. The van der Waals surface area contributed by atoms with Crippen LogP contribution in [0.4, 0.5) is 0 Å². The van der Waals surface area contributed by atoms with Crippen molar-refractivity contribution in [2.24, 2.45) is 5.73 Å². The second kappa shape index (κ2) is 6.10. The zero-order valence-corrected chi connectivity index (χ0v) is 14.3. The molecule has 0 atom stereocenters. The van der Waals surface area contributed by atoms with Gasteiger partial charge in [-0.3, -0.25) is 4.79 Å². The molecular weight excluding hydrogens is 330 g/mol. The summed E-state index contributed by atoms with van der Waals surface area (Å²) >= 11 is 0. The van der Waals surface area contributed by atoms with Crippen LogP contribution >= 0.6 is 0 Å². The van der Waals surface area contributed by atoms with Gasteiger partial charge >= 0.3 is 0 Å². The molecule has 0 saturated carbocycles. The number of nitrogens with zero attached hydrogens (tertiary/aromatic N) is 1. The number of sulfonamides is 1. The van der Waals surface area contributed by atoms with Gasteiger partial charge in [-0.2, -0.15) is 0 Å². The third-order valence-corrected chi connectivity index (χ3v) is 6.61. The maximum Gasteiger partial charge on any atom is 0.250 e. The molecule has 0 radical (unpaired) electrons. The average Bonchev–Trinajstić information content (AvgIpc) is 2.97. The lowest BCUT2D eigenvalue weighted by Gasteiger charge is -2.30. The molecular formula is C16H21N3O4S. The lowest BCUT2D eigenvalue weighted by molar-refractivity contribution is 0.100. The van der Waals surface area contributed by atoms with Gasteiger partial charge in [-0.25, -0.2) is 12.7 Å². The predicted octanol–water partition coefficient (Wildman–Crippen LogP) is 1.50. The highest BCUT2D eigenvalue weighted by Gasteiger charge is 2.29. The van der Waals surface area contributed by atoms with E-state index in [0.29, 0.717) is 31.4 Å². The Balaban J connectivity index is 1.91. The Bertz CT molecular complexity index is 880. The first kappa shape index (κ1) is 16.8. The van der Waals surface area contributed by atoms with Crippen LogP contribution in [-0.4, -0.2) is 47.6 Å². The average molecular weight is 351 g/mol. The summed E-state index contributed by atoms with van der Waals surface area (Å²) in [5.74, 6) is -0.332. The van der Waals surface area contributed by atoms with Gasteiger partial charge < -0.3 is 15.8 Å². The van der Waals surface area contributed by atoms with Crippen LogP contribution in [-0.2, 0) is 10.0 Å². The van der Waals surface area contributed by atoms with Gasteiger partial charge in [-0.05, 0) is 43.4 Å². The smallest absolute Gasteiger partial charge is 0.250 e. The minimum Gasteiger partial charge on any atom is -0.508 e. The molecule has 0 unspecified atom stereocenters. The molecule has 1 fully saturated rings. The Kier molecular flexibility index (Phi) is 4.27. The van der Waals surface area contributed by atoms with Crippen LogP contribution < -0.4 is 5.73 Å². The van der Waals surface area contributed by atoms with Crippen molar-refractivity contribution < 1.29 is 18.3 Å². The van der Waals surface area contributed by atoms with Gasteiger partial charge in [-0.1, -0.05) is 0 Å². The topological polar surface area (TPSA) is 116 Å². The molecule has 3 rings (SSSR count). The fraction of sp³-hybridized carbons (Fsp3) is 0.438. The van der Waals surface area contributed by atoms with Gasteiger partial charge in [0.15, 0.2) is 0 Å². The van der Waals surface area contributed by atoms with E-state index < -0.39 is 15.9 Å². The van der Waals surface area contributed by atoms with Crippen LogP contribution in [0.2, 0.25) is 0 Å². The van der Waals surface area contributed by atoms with Crippen molar-refractivity contribution in [2.45, 2.75) is 25.7 Å². The molecule has 2 heterocycles. The standard InChI is InChI=1S/C16H21N3O4S/c1-2-24(22,23)19-5-3-10(4-6-19)14-9-18-15-12(14)7-11(20)8-13(15)16(17)21/h7-10,18,20H,2-6H2,1H3,(H2,17,21). The van der Waals surface area contributed by atoms with Crippen LogP contribution in [0.1, 0.15) is 41.6 Å².